The highest BCUT2D eigenvalue weighted by atomic mass is 16.1. The maximum absolute atomic E-state index is 10.9. The number of primary amides is 1. The van der Waals surface area contributed by atoms with Gasteiger partial charge in [0.15, 0.2) is 0 Å². The molecule has 0 aliphatic carbocycles. The molecule has 1 amide bonds. The van der Waals surface area contributed by atoms with E-state index in [1.54, 1.807) is 0 Å². The van der Waals surface area contributed by atoms with Gasteiger partial charge in [-0.2, -0.15) is 0 Å². The van der Waals surface area contributed by atoms with Gasteiger partial charge in [-0.1, -0.05) is 79.7 Å². The molecule has 2 aromatic rings. The van der Waals surface area contributed by atoms with Crippen molar-refractivity contribution in [2.75, 3.05) is 7.05 Å². The van der Waals surface area contributed by atoms with Crippen LogP contribution in [0, 0.1) is 0 Å². The summed E-state index contributed by atoms with van der Waals surface area (Å²) in [6.07, 6.45) is 5.41. The second-order valence-corrected chi connectivity index (χ2v) is 6.40. The number of hydrogen-bond donors (Lipinski definition) is 2. The van der Waals surface area contributed by atoms with Crippen molar-refractivity contribution in [1.82, 2.24) is 5.32 Å². The van der Waals surface area contributed by atoms with Crippen LogP contribution in [-0.4, -0.2) is 19.0 Å². The number of hydrogen-bond acceptors (Lipinski definition) is 2. The monoisotopic (exact) mass is 348 g/mol. The van der Waals surface area contributed by atoms with Crippen molar-refractivity contribution in [3.05, 3.63) is 84.4 Å². The Morgan fingerprint density at radius 3 is 2.15 bits per heavy atom. The van der Waals surface area contributed by atoms with E-state index in [2.05, 4.69) is 42.2 Å². The van der Waals surface area contributed by atoms with Crippen LogP contribution in [0.15, 0.2) is 73.3 Å². The van der Waals surface area contributed by atoms with Gasteiger partial charge in [-0.25, -0.2) is 0 Å². The maximum Gasteiger partial charge on any atom is 0.217 e. The van der Waals surface area contributed by atoms with Crippen molar-refractivity contribution in [2.24, 2.45) is 5.73 Å². The van der Waals surface area contributed by atoms with Gasteiger partial charge in [-0.05, 0) is 42.2 Å². The highest BCUT2D eigenvalue weighted by Crippen LogP contribution is 2.30. The minimum atomic E-state index is -0.232. The van der Waals surface area contributed by atoms with Crippen molar-refractivity contribution in [3.8, 4) is 0 Å². The second-order valence-electron chi connectivity index (χ2n) is 6.40. The SMILES string of the molecule is C=C(/C(=C\C(CCCCC(N)=O)NC)c1ccccc1)c1ccccc1. The third kappa shape index (κ3) is 6.01. The number of benzene rings is 2. The number of amides is 1. The molecular formula is C23H28N2O. The van der Waals surface area contributed by atoms with E-state index in [0.29, 0.717) is 6.42 Å². The van der Waals surface area contributed by atoms with E-state index in [9.17, 15) is 4.79 Å². The lowest BCUT2D eigenvalue weighted by molar-refractivity contribution is -0.118. The number of rotatable bonds is 10. The summed E-state index contributed by atoms with van der Waals surface area (Å²) in [6.45, 7) is 4.35. The van der Waals surface area contributed by atoms with Crippen LogP contribution in [0.4, 0.5) is 0 Å². The van der Waals surface area contributed by atoms with Crippen molar-refractivity contribution >= 4 is 17.1 Å². The summed E-state index contributed by atoms with van der Waals surface area (Å²) in [4.78, 5) is 10.9. The summed E-state index contributed by atoms with van der Waals surface area (Å²) in [7, 11) is 1.96. The molecule has 26 heavy (non-hydrogen) atoms. The molecule has 0 radical (unpaired) electrons. The number of unbranched alkanes of at least 4 members (excludes halogenated alkanes) is 1. The Morgan fingerprint density at radius 1 is 1.04 bits per heavy atom. The highest BCUT2D eigenvalue weighted by Gasteiger charge is 2.12. The van der Waals surface area contributed by atoms with Crippen LogP contribution in [0.2, 0.25) is 0 Å². The highest BCUT2D eigenvalue weighted by molar-refractivity contribution is 6.04. The number of nitrogens with one attached hydrogen (secondary N) is 1. The lowest BCUT2D eigenvalue weighted by Gasteiger charge is -2.17. The Morgan fingerprint density at radius 2 is 1.62 bits per heavy atom. The van der Waals surface area contributed by atoms with E-state index in [1.807, 2.05) is 43.4 Å². The third-order valence-electron chi connectivity index (χ3n) is 4.46. The Kier molecular flexibility index (Phi) is 7.84. The smallest absolute Gasteiger partial charge is 0.217 e. The molecule has 0 aromatic heterocycles. The van der Waals surface area contributed by atoms with Crippen LogP contribution in [0.1, 0.15) is 36.8 Å². The predicted octanol–water partition coefficient (Wildman–Crippen LogP) is 4.42. The molecule has 0 aliphatic rings. The fraction of sp³-hybridized carbons (Fsp3) is 0.261. The molecule has 0 fully saturated rings. The molecule has 0 spiro atoms. The van der Waals surface area contributed by atoms with E-state index >= 15 is 0 Å². The van der Waals surface area contributed by atoms with Gasteiger partial charge in [0.25, 0.3) is 0 Å². The summed E-state index contributed by atoms with van der Waals surface area (Å²) in [6, 6.07) is 20.8. The maximum atomic E-state index is 10.9. The van der Waals surface area contributed by atoms with Crippen LogP contribution in [-0.2, 0) is 4.79 Å². The van der Waals surface area contributed by atoms with Gasteiger partial charge in [-0.3, -0.25) is 4.79 Å². The first-order chi connectivity index (χ1) is 12.6. The van der Waals surface area contributed by atoms with Gasteiger partial charge in [0, 0.05) is 12.5 Å². The normalized spacial score (nSPS) is 12.6. The fourth-order valence-electron chi connectivity index (χ4n) is 2.96. The van der Waals surface area contributed by atoms with Crippen LogP contribution in [0.25, 0.3) is 11.1 Å². The molecule has 0 saturated carbocycles. The van der Waals surface area contributed by atoms with Gasteiger partial charge in [0.2, 0.25) is 5.91 Å². The topological polar surface area (TPSA) is 55.1 Å². The van der Waals surface area contributed by atoms with E-state index in [1.165, 1.54) is 0 Å². The van der Waals surface area contributed by atoms with E-state index in [0.717, 1.165) is 41.5 Å². The number of nitrogens with two attached hydrogens (primary N) is 1. The molecule has 3 nitrogen and oxygen atoms in total. The molecule has 0 bridgehead atoms. The van der Waals surface area contributed by atoms with Gasteiger partial charge < -0.3 is 11.1 Å². The summed E-state index contributed by atoms with van der Waals surface area (Å²) in [5.74, 6) is -0.232. The van der Waals surface area contributed by atoms with E-state index in [4.69, 9.17) is 5.73 Å². The molecular weight excluding hydrogens is 320 g/mol. The first kappa shape index (κ1) is 19.7. The summed E-state index contributed by atoms with van der Waals surface area (Å²) >= 11 is 0. The number of carbonyl (C=O) groups excluding carboxylic acids is 1. The zero-order valence-electron chi connectivity index (χ0n) is 15.4. The minimum Gasteiger partial charge on any atom is -0.370 e. The quantitative estimate of drug-likeness (QED) is 0.493. The van der Waals surface area contributed by atoms with Crippen LogP contribution >= 0.6 is 0 Å². The fourth-order valence-corrected chi connectivity index (χ4v) is 2.96. The predicted molar refractivity (Wildman–Crippen MR) is 110 cm³/mol. The van der Waals surface area contributed by atoms with Crippen LogP contribution in [0.3, 0.4) is 0 Å². The average Bonchev–Trinajstić information content (AvgIpc) is 2.68. The molecule has 2 rings (SSSR count). The van der Waals surface area contributed by atoms with E-state index in [-0.39, 0.29) is 11.9 Å². The standard InChI is InChI=1S/C23H28N2O/c1-18(19-11-5-3-6-12-19)22(20-13-7-4-8-14-20)17-21(25-2)15-9-10-16-23(24)26/h3-8,11-14,17,21,25H,1,9-10,15-16H2,2H3,(H2,24,26)/b22-17+. The first-order valence-corrected chi connectivity index (χ1v) is 9.09. The Bertz CT molecular complexity index is 735. The lowest BCUT2D eigenvalue weighted by Crippen LogP contribution is -2.23. The Balaban J connectivity index is 2.23. The number of carbonyl (C=O) groups is 1. The van der Waals surface area contributed by atoms with Gasteiger partial charge in [-0.15, -0.1) is 0 Å². The zero-order chi connectivity index (χ0) is 18.8. The molecule has 1 unspecified atom stereocenters. The summed E-state index contributed by atoms with van der Waals surface area (Å²) < 4.78 is 0. The molecule has 2 aromatic carbocycles. The van der Waals surface area contributed by atoms with Gasteiger partial charge in [0.05, 0.1) is 0 Å². The van der Waals surface area contributed by atoms with Crippen molar-refractivity contribution < 1.29 is 4.79 Å². The lowest BCUT2D eigenvalue weighted by atomic mass is 9.91. The number of likely N-dealkylation sites (N-methyl/N-ethyl adjacent to an activating group) is 1. The third-order valence-corrected chi connectivity index (χ3v) is 4.46. The summed E-state index contributed by atoms with van der Waals surface area (Å²) in [5, 5.41) is 3.36. The Labute approximate surface area is 156 Å². The molecule has 136 valence electrons. The molecule has 3 N–H and O–H groups in total. The Hall–Kier alpha value is -2.65. The van der Waals surface area contributed by atoms with Gasteiger partial charge in [0.1, 0.15) is 0 Å². The van der Waals surface area contributed by atoms with Crippen LogP contribution < -0.4 is 11.1 Å². The largest absolute Gasteiger partial charge is 0.370 e. The van der Waals surface area contributed by atoms with Crippen molar-refractivity contribution in [1.29, 1.82) is 0 Å². The molecule has 3 heteroatoms. The van der Waals surface area contributed by atoms with Gasteiger partial charge >= 0.3 is 0 Å². The zero-order valence-corrected chi connectivity index (χ0v) is 15.4. The average molecular weight is 348 g/mol. The van der Waals surface area contributed by atoms with E-state index < -0.39 is 0 Å². The first-order valence-electron chi connectivity index (χ1n) is 9.09. The molecule has 0 aliphatic heterocycles. The van der Waals surface area contributed by atoms with Crippen molar-refractivity contribution in [2.45, 2.75) is 31.7 Å². The molecule has 0 heterocycles. The minimum absolute atomic E-state index is 0.207. The summed E-state index contributed by atoms with van der Waals surface area (Å²) in [5.41, 5.74) is 9.63. The molecule has 0 saturated heterocycles. The second kappa shape index (κ2) is 10.4. The van der Waals surface area contributed by atoms with Crippen LogP contribution in [0.5, 0.6) is 0 Å². The number of allylic oxidation sites excluding steroid dienone is 2. The van der Waals surface area contributed by atoms with Crippen molar-refractivity contribution in [3.63, 3.8) is 0 Å². The molecule has 1 atom stereocenters.